The molecule has 0 bridgehead atoms. The van der Waals surface area contributed by atoms with Gasteiger partial charge < -0.3 is 9.47 Å². The lowest BCUT2D eigenvalue weighted by Gasteiger charge is -2.16. The summed E-state index contributed by atoms with van der Waals surface area (Å²) in [6.45, 7) is 1.85. The summed E-state index contributed by atoms with van der Waals surface area (Å²) < 4.78 is 11.1. The lowest BCUT2D eigenvalue weighted by Crippen LogP contribution is -2.18. The number of hydrogen-bond acceptors (Lipinski definition) is 4. The molecule has 0 aliphatic carbocycles. The van der Waals surface area contributed by atoms with Gasteiger partial charge in [0.05, 0.1) is 0 Å². The van der Waals surface area contributed by atoms with Crippen LogP contribution in [-0.4, -0.2) is 18.5 Å². The largest absolute Gasteiger partial charge is 0.475 e. The van der Waals surface area contributed by atoms with Crippen molar-refractivity contribution in [2.75, 3.05) is 6.61 Å². The first kappa shape index (κ1) is 14.3. The molecule has 0 aromatic heterocycles. The topological polar surface area (TPSA) is 47.9 Å². The van der Waals surface area contributed by atoms with Crippen molar-refractivity contribution in [1.29, 1.82) is 0 Å². The Balaban J connectivity index is 1.87. The van der Waals surface area contributed by atoms with Crippen molar-refractivity contribution >= 4 is 11.9 Å². The second kappa shape index (κ2) is 6.43. The van der Waals surface area contributed by atoms with E-state index in [0.717, 1.165) is 11.1 Å². The third-order valence-corrected chi connectivity index (χ3v) is 3.47. The van der Waals surface area contributed by atoms with Gasteiger partial charge in [0.25, 0.3) is 0 Å². The van der Waals surface area contributed by atoms with Crippen molar-refractivity contribution in [2.24, 2.45) is 4.99 Å². The highest BCUT2D eigenvalue weighted by atomic mass is 16.6. The van der Waals surface area contributed by atoms with Crippen molar-refractivity contribution in [3.63, 3.8) is 0 Å². The number of rotatable bonds is 4. The van der Waals surface area contributed by atoms with Crippen molar-refractivity contribution in [3.8, 4) is 0 Å². The molecule has 1 aliphatic rings. The van der Waals surface area contributed by atoms with E-state index in [1.165, 1.54) is 6.92 Å². The molecule has 2 aromatic rings. The molecule has 0 saturated carbocycles. The summed E-state index contributed by atoms with van der Waals surface area (Å²) in [5.41, 5.74) is 1.94. The summed E-state index contributed by atoms with van der Waals surface area (Å²) in [6, 6.07) is 19.4. The van der Waals surface area contributed by atoms with Gasteiger partial charge in [0.1, 0.15) is 12.6 Å². The minimum Gasteiger partial charge on any atom is -0.475 e. The van der Waals surface area contributed by atoms with Gasteiger partial charge in [-0.05, 0) is 5.56 Å². The Hall–Kier alpha value is -2.62. The van der Waals surface area contributed by atoms with Crippen LogP contribution in [0.3, 0.4) is 0 Å². The van der Waals surface area contributed by atoms with Crippen LogP contribution in [0.1, 0.15) is 30.2 Å². The standard InChI is InChI=1S/C18H17NO3/c1-13(20)22-17(15-10-6-3-7-11-15)18-19-16(12-21-18)14-8-4-2-5-9-14/h2-11,16-17H,12H2,1H3/t16-,17+/m0/s1. The normalized spacial score (nSPS) is 18.2. The molecule has 0 amide bonds. The number of esters is 1. The van der Waals surface area contributed by atoms with Crippen LogP contribution in [0.15, 0.2) is 65.7 Å². The van der Waals surface area contributed by atoms with E-state index in [-0.39, 0.29) is 12.0 Å². The van der Waals surface area contributed by atoms with Gasteiger partial charge in [0.15, 0.2) is 0 Å². The molecule has 0 spiro atoms. The number of aliphatic imine (C=N–C) groups is 1. The molecule has 0 saturated heterocycles. The molecular formula is C18H17NO3. The van der Waals surface area contributed by atoms with Crippen LogP contribution >= 0.6 is 0 Å². The average Bonchev–Trinajstić information content (AvgIpc) is 3.04. The van der Waals surface area contributed by atoms with Gasteiger partial charge in [-0.1, -0.05) is 60.7 Å². The first-order chi connectivity index (χ1) is 10.7. The molecule has 4 heteroatoms. The van der Waals surface area contributed by atoms with Crippen molar-refractivity contribution in [3.05, 3.63) is 71.8 Å². The van der Waals surface area contributed by atoms with Gasteiger partial charge in [-0.25, -0.2) is 4.99 Å². The summed E-state index contributed by atoms with van der Waals surface area (Å²) in [5, 5.41) is 0. The first-order valence-corrected chi connectivity index (χ1v) is 7.21. The number of ether oxygens (including phenoxy) is 2. The molecule has 2 aromatic carbocycles. The third-order valence-electron chi connectivity index (χ3n) is 3.47. The van der Waals surface area contributed by atoms with E-state index in [9.17, 15) is 4.79 Å². The van der Waals surface area contributed by atoms with E-state index in [2.05, 4.69) is 4.99 Å². The van der Waals surface area contributed by atoms with Crippen LogP contribution in [-0.2, 0) is 14.3 Å². The maximum absolute atomic E-state index is 11.4. The second-order valence-corrected chi connectivity index (χ2v) is 5.10. The Morgan fingerprint density at radius 2 is 1.77 bits per heavy atom. The molecule has 112 valence electrons. The van der Waals surface area contributed by atoms with Crippen LogP contribution in [0.2, 0.25) is 0 Å². The molecule has 2 atom stereocenters. The zero-order valence-electron chi connectivity index (χ0n) is 12.3. The lowest BCUT2D eigenvalue weighted by atomic mass is 10.1. The number of carbonyl (C=O) groups is 1. The van der Waals surface area contributed by atoms with Crippen LogP contribution in [0.4, 0.5) is 0 Å². The SMILES string of the molecule is CC(=O)O[C@@H](C1=N[C@H](c2ccccc2)CO1)c1ccccc1. The summed E-state index contributed by atoms with van der Waals surface area (Å²) in [4.78, 5) is 16.0. The summed E-state index contributed by atoms with van der Waals surface area (Å²) in [7, 11) is 0. The predicted molar refractivity (Wildman–Crippen MR) is 83.5 cm³/mol. The van der Waals surface area contributed by atoms with Crippen LogP contribution in [0.25, 0.3) is 0 Å². The monoisotopic (exact) mass is 295 g/mol. The fourth-order valence-corrected chi connectivity index (χ4v) is 2.44. The van der Waals surface area contributed by atoms with Gasteiger partial charge >= 0.3 is 5.97 Å². The number of hydrogen-bond donors (Lipinski definition) is 0. The van der Waals surface area contributed by atoms with Crippen LogP contribution < -0.4 is 0 Å². The molecule has 0 N–H and O–H groups in total. The van der Waals surface area contributed by atoms with Crippen molar-refractivity contribution in [1.82, 2.24) is 0 Å². The quantitative estimate of drug-likeness (QED) is 0.812. The fraction of sp³-hybridized carbons (Fsp3) is 0.222. The van der Waals surface area contributed by atoms with Crippen LogP contribution in [0.5, 0.6) is 0 Å². The lowest BCUT2D eigenvalue weighted by molar-refractivity contribution is -0.144. The predicted octanol–water partition coefficient (Wildman–Crippen LogP) is 3.46. The van der Waals surface area contributed by atoms with Crippen molar-refractivity contribution in [2.45, 2.75) is 19.1 Å². The van der Waals surface area contributed by atoms with E-state index in [4.69, 9.17) is 9.47 Å². The minimum absolute atomic E-state index is 0.0574. The highest BCUT2D eigenvalue weighted by Gasteiger charge is 2.30. The first-order valence-electron chi connectivity index (χ1n) is 7.21. The van der Waals surface area contributed by atoms with Gasteiger partial charge in [0.2, 0.25) is 12.0 Å². The smallest absolute Gasteiger partial charge is 0.303 e. The van der Waals surface area contributed by atoms with Crippen LogP contribution in [0, 0.1) is 0 Å². The molecule has 4 nitrogen and oxygen atoms in total. The molecule has 0 unspecified atom stereocenters. The highest BCUT2D eigenvalue weighted by Crippen LogP contribution is 2.29. The summed E-state index contributed by atoms with van der Waals surface area (Å²) >= 11 is 0. The Bertz CT molecular complexity index is 667. The van der Waals surface area contributed by atoms with Gasteiger partial charge in [0, 0.05) is 12.5 Å². The summed E-state index contributed by atoms with van der Waals surface area (Å²) in [5.74, 6) is 0.0959. The number of carbonyl (C=O) groups excluding carboxylic acids is 1. The Morgan fingerprint density at radius 1 is 1.14 bits per heavy atom. The maximum atomic E-state index is 11.4. The van der Waals surface area contributed by atoms with E-state index in [1.807, 2.05) is 60.7 Å². The van der Waals surface area contributed by atoms with Gasteiger partial charge in [-0.15, -0.1) is 0 Å². The third kappa shape index (κ3) is 3.17. The highest BCUT2D eigenvalue weighted by molar-refractivity contribution is 5.86. The fourth-order valence-electron chi connectivity index (χ4n) is 2.44. The molecule has 1 aliphatic heterocycles. The van der Waals surface area contributed by atoms with Crippen molar-refractivity contribution < 1.29 is 14.3 Å². The number of benzene rings is 2. The number of nitrogens with zero attached hydrogens (tertiary/aromatic N) is 1. The van der Waals surface area contributed by atoms with E-state index < -0.39 is 6.10 Å². The minimum atomic E-state index is -0.590. The Kier molecular flexibility index (Phi) is 4.19. The zero-order chi connectivity index (χ0) is 15.4. The van der Waals surface area contributed by atoms with E-state index >= 15 is 0 Å². The Morgan fingerprint density at radius 3 is 2.41 bits per heavy atom. The maximum Gasteiger partial charge on any atom is 0.303 e. The molecule has 1 heterocycles. The van der Waals surface area contributed by atoms with E-state index in [0.29, 0.717) is 12.5 Å². The molecule has 3 rings (SSSR count). The second-order valence-electron chi connectivity index (χ2n) is 5.10. The van der Waals surface area contributed by atoms with Gasteiger partial charge in [-0.3, -0.25) is 4.79 Å². The molecule has 0 radical (unpaired) electrons. The Labute approximate surface area is 129 Å². The van der Waals surface area contributed by atoms with E-state index in [1.54, 1.807) is 0 Å². The van der Waals surface area contributed by atoms with Gasteiger partial charge in [-0.2, -0.15) is 0 Å². The molecular weight excluding hydrogens is 278 g/mol. The average molecular weight is 295 g/mol. The zero-order valence-corrected chi connectivity index (χ0v) is 12.3. The molecule has 22 heavy (non-hydrogen) atoms. The summed E-state index contributed by atoms with van der Waals surface area (Å²) in [6.07, 6.45) is -0.590. The molecule has 0 fully saturated rings.